The molecule has 3 rings (SSSR count). The summed E-state index contributed by atoms with van der Waals surface area (Å²) < 4.78 is 1.69. The van der Waals surface area contributed by atoms with Gasteiger partial charge in [0.2, 0.25) is 0 Å². The van der Waals surface area contributed by atoms with Crippen molar-refractivity contribution in [1.82, 2.24) is 9.78 Å². The number of aromatic nitrogens is 2. The minimum absolute atomic E-state index is 0.109. The molecule has 0 spiro atoms. The summed E-state index contributed by atoms with van der Waals surface area (Å²) in [5.74, 6) is 0.420. The van der Waals surface area contributed by atoms with E-state index < -0.39 is 0 Å². The van der Waals surface area contributed by atoms with Crippen molar-refractivity contribution < 1.29 is 4.79 Å². The molecule has 106 valence electrons. The van der Waals surface area contributed by atoms with Crippen LogP contribution in [-0.4, -0.2) is 16.1 Å². The second kappa shape index (κ2) is 5.05. The van der Waals surface area contributed by atoms with Crippen molar-refractivity contribution in [2.75, 3.05) is 5.73 Å². The van der Waals surface area contributed by atoms with Gasteiger partial charge in [0.15, 0.2) is 6.29 Å². The Labute approximate surface area is 123 Å². The van der Waals surface area contributed by atoms with Crippen molar-refractivity contribution >= 4 is 22.9 Å². The number of anilines is 1. The Hall–Kier alpha value is -2.62. The number of aldehydes is 1. The first-order chi connectivity index (χ1) is 10.1. The highest BCUT2D eigenvalue weighted by atomic mass is 16.1. The first-order valence-electron chi connectivity index (χ1n) is 6.94. The first-order valence-corrected chi connectivity index (χ1v) is 6.94. The Bertz CT molecular complexity index is 818. The zero-order chi connectivity index (χ0) is 15.0. The van der Waals surface area contributed by atoms with Crippen LogP contribution in [-0.2, 0) is 0 Å². The molecule has 0 amide bonds. The van der Waals surface area contributed by atoms with Crippen molar-refractivity contribution in [2.24, 2.45) is 0 Å². The molecule has 0 aliphatic carbocycles. The molecule has 0 atom stereocenters. The Morgan fingerprint density at radius 1 is 1.14 bits per heavy atom. The minimum atomic E-state index is 0.109. The number of carbonyl (C=O) groups is 1. The van der Waals surface area contributed by atoms with E-state index in [1.807, 2.05) is 50.2 Å². The molecule has 2 aromatic carbocycles. The van der Waals surface area contributed by atoms with Crippen molar-refractivity contribution in [3.05, 3.63) is 48.0 Å². The summed E-state index contributed by atoms with van der Waals surface area (Å²) in [5, 5.41) is 6.79. The number of hydrogen-bond acceptors (Lipinski definition) is 3. The molecule has 1 aromatic heterocycles. The molecule has 3 aromatic rings. The SMILES string of the molecule is CC(C)n1nc(-c2ccc3ccccc3c2)c(C=O)c1N. The van der Waals surface area contributed by atoms with E-state index in [-0.39, 0.29) is 6.04 Å². The standard InChI is InChI=1S/C17H17N3O/c1-11(2)20-17(18)15(10-21)16(19-20)14-8-7-12-5-3-4-6-13(12)9-14/h3-11H,18H2,1-2H3. The van der Waals surface area contributed by atoms with Crippen molar-refractivity contribution in [2.45, 2.75) is 19.9 Å². The van der Waals surface area contributed by atoms with E-state index in [9.17, 15) is 4.79 Å². The molecule has 0 fully saturated rings. The van der Waals surface area contributed by atoms with Gasteiger partial charge in [-0.25, -0.2) is 4.68 Å². The molecule has 0 aliphatic rings. The van der Waals surface area contributed by atoms with Crippen LogP contribution < -0.4 is 5.73 Å². The number of nitrogens with two attached hydrogens (primary N) is 1. The summed E-state index contributed by atoms with van der Waals surface area (Å²) in [4.78, 5) is 11.4. The van der Waals surface area contributed by atoms with Gasteiger partial charge in [0.1, 0.15) is 11.5 Å². The van der Waals surface area contributed by atoms with Crippen LogP contribution in [0.1, 0.15) is 30.2 Å². The van der Waals surface area contributed by atoms with Gasteiger partial charge in [-0.1, -0.05) is 36.4 Å². The molecule has 0 radical (unpaired) electrons. The van der Waals surface area contributed by atoms with Gasteiger partial charge in [-0.05, 0) is 30.7 Å². The van der Waals surface area contributed by atoms with Gasteiger partial charge in [-0.15, -0.1) is 0 Å². The molecule has 2 N–H and O–H groups in total. The molecule has 1 heterocycles. The molecule has 4 nitrogen and oxygen atoms in total. The predicted octanol–water partition coefficient (Wildman–Crippen LogP) is 3.68. The lowest BCUT2D eigenvalue weighted by atomic mass is 10.0. The van der Waals surface area contributed by atoms with E-state index in [0.717, 1.165) is 22.6 Å². The summed E-state index contributed by atoms with van der Waals surface area (Å²) in [6.45, 7) is 3.98. The number of benzene rings is 2. The van der Waals surface area contributed by atoms with Gasteiger partial charge in [-0.2, -0.15) is 5.10 Å². The minimum Gasteiger partial charge on any atom is -0.383 e. The van der Waals surface area contributed by atoms with E-state index in [2.05, 4.69) is 11.2 Å². The zero-order valence-corrected chi connectivity index (χ0v) is 12.1. The maximum absolute atomic E-state index is 11.4. The third kappa shape index (κ3) is 2.18. The molecule has 0 unspecified atom stereocenters. The quantitative estimate of drug-likeness (QED) is 0.744. The maximum atomic E-state index is 11.4. The Morgan fingerprint density at radius 2 is 1.86 bits per heavy atom. The van der Waals surface area contributed by atoms with Crippen LogP contribution in [0.3, 0.4) is 0 Å². The number of hydrogen-bond donors (Lipinski definition) is 1. The predicted molar refractivity (Wildman–Crippen MR) is 85.4 cm³/mol. The number of fused-ring (bicyclic) bond motifs is 1. The van der Waals surface area contributed by atoms with Crippen molar-refractivity contribution in [3.8, 4) is 11.3 Å². The van der Waals surface area contributed by atoms with Crippen LogP contribution in [0, 0.1) is 0 Å². The Balaban J connectivity index is 2.22. The molecule has 0 saturated heterocycles. The molecule has 4 heteroatoms. The summed E-state index contributed by atoms with van der Waals surface area (Å²) in [6, 6.07) is 14.2. The van der Waals surface area contributed by atoms with Gasteiger partial charge in [0, 0.05) is 11.6 Å². The van der Waals surface area contributed by atoms with Gasteiger partial charge in [0.05, 0.1) is 5.56 Å². The third-order valence-corrected chi connectivity index (χ3v) is 3.62. The fourth-order valence-corrected chi connectivity index (χ4v) is 2.52. The van der Waals surface area contributed by atoms with Crippen molar-refractivity contribution in [3.63, 3.8) is 0 Å². The smallest absolute Gasteiger partial charge is 0.156 e. The van der Waals surface area contributed by atoms with Gasteiger partial charge in [-0.3, -0.25) is 4.79 Å². The second-order valence-electron chi connectivity index (χ2n) is 5.37. The van der Waals surface area contributed by atoms with E-state index in [1.54, 1.807) is 4.68 Å². The Kier molecular flexibility index (Phi) is 3.22. The summed E-state index contributed by atoms with van der Waals surface area (Å²) in [7, 11) is 0. The topological polar surface area (TPSA) is 60.9 Å². The zero-order valence-electron chi connectivity index (χ0n) is 12.1. The number of nitrogens with zero attached hydrogens (tertiary/aromatic N) is 2. The third-order valence-electron chi connectivity index (χ3n) is 3.62. The van der Waals surface area contributed by atoms with E-state index in [0.29, 0.717) is 17.1 Å². The monoisotopic (exact) mass is 279 g/mol. The van der Waals surface area contributed by atoms with Gasteiger partial charge in [0.25, 0.3) is 0 Å². The maximum Gasteiger partial charge on any atom is 0.156 e. The van der Waals surface area contributed by atoms with E-state index in [4.69, 9.17) is 5.73 Å². The van der Waals surface area contributed by atoms with Crippen LogP contribution in [0.25, 0.3) is 22.0 Å². The molecular formula is C17H17N3O. The van der Waals surface area contributed by atoms with Gasteiger partial charge >= 0.3 is 0 Å². The Morgan fingerprint density at radius 3 is 2.52 bits per heavy atom. The summed E-state index contributed by atoms with van der Waals surface area (Å²) >= 11 is 0. The number of carbonyl (C=O) groups excluding carboxylic acids is 1. The average Bonchev–Trinajstić information content (AvgIpc) is 2.83. The normalized spacial score (nSPS) is 11.2. The largest absolute Gasteiger partial charge is 0.383 e. The molecule has 0 bridgehead atoms. The summed E-state index contributed by atoms with van der Waals surface area (Å²) in [5.41, 5.74) is 8.04. The van der Waals surface area contributed by atoms with Crippen LogP contribution in [0.2, 0.25) is 0 Å². The lowest BCUT2D eigenvalue weighted by molar-refractivity contribution is 0.112. The van der Waals surface area contributed by atoms with E-state index in [1.165, 1.54) is 0 Å². The number of nitrogen functional groups attached to an aromatic ring is 1. The van der Waals surface area contributed by atoms with Gasteiger partial charge < -0.3 is 5.73 Å². The van der Waals surface area contributed by atoms with Crippen LogP contribution in [0.5, 0.6) is 0 Å². The van der Waals surface area contributed by atoms with Crippen molar-refractivity contribution in [1.29, 1.82) is 0 Å². The summed E-state index contributed by atoms with van der Waals surface area (Å²) in [6.07, 6.45) is 0.783. The second-order valence-corrected chi connectivity index (χ2v) is 5.37. The van der Waals surface area contributed by atoms with Crippen LogP contribution in [0.15, 0.2) is 42.5 Å². The molecule has 0 saturated carbocycles. The fraction of sp³-hybridized carbons (Fsp3) is 0.176. The highest BCUT2D eigenvalue weighted by Crippen LogP contribution is 2.30. The average molecular weight is 279 g/mol. The van der Waals surface area contributed by atoms with Crippen LogP contribution in [0.4, 0.5) is 5.82 Å². The molecule has 21 heavy (non-hydrogen) atoms. The lowest BCUT2D eigenvalue weighted by Crippen LogP contribution is -2.07. The van der Waals surface area contributed by atoms with E-state index >= 15 is 0 Å². The van der Waals surface area contributed by atoms with Crippen LogP contribution >= 0.6 is 0 Å². The molecular weight excluding hydrogens is 262 g/mol. The molecule has 0 aliphatic heterocycles. The fourth-order valence-electron chi connectivity index (χ4n) is 2.52. The number of rotatable bonds is 3. The first kappa shape index (κ1) is 13.4. The highest BCUT2D eigenvalue weighted by Gasteiger charge is 2.18. The lowest BCUT2D eigenvalue weighted by Gasteiger charge is -2.06. The highest BCUT2D eigenvalue weighted by molar-refractivity contribution is 5.94.